The first-order chi connectivity index (χ1) is 12.4. The summed E-state index contributed by atoms with van der Waals surface area (Å²) in [7, 11) is 0. The van der Waals surface area contributed by atoms with Gasteiger partial charge in [-0.3, -0.25) is 9.78 Å². The Labute approximate surface area is 159 Å². The number of pyridine rings is 1. The lowest BCUT2D eigenvalue weighted by Gasteiger charge is -2.37. The molecule has 26 heavy (non-hydrogen) atoms. The highest BCUT2D eigenvalue weighted by Crippen LogP contribution is 2.44. The van der Waals surface area contributed by atoms with Crippen molar-refractivity contribution in [1.82, 2.24) is 10.3 Å². The van der Waals surface area contributed by atoms with E-state index in [1.807, 2.05) is 20.0 Å². The van der Waals surface area contributed by atoms with Crippen LogP contribution in [0, 0.1) is 24.7 Å². The molecule has 1 unspecified atom stereocenters. The largest absolute Gasteiger partial charge is 0.352 e. The van der Waals surface area contributed by atoms with Crippen LogP contribution in [0.25, 0.3) is 5.57 Å². The highest BCUT2D eigenvalue weighted by atomic mass is 16.1. The lowest BCUT2D eigenvalue weighted by Crippen LogP contribution is -2.31. The third kappa shape index (κ3) is 4.36. The Balaban J connectivity index is 2.70. The summed E-state index contributed by atoms with van der Waals surface area (Å²) in [6.45, 7) is 13.5. The second-order valence-corrected chi connectivity index (χ2v) is 7.88. The van der Waals surface area contributed by atoms with E-state index >= 15 is 0 Å². The molecule has 1 saturated carbocycles. The molecule has 1 aromatic rings. The Kier molecular flexibility index (Phi) is 7.43. The first kappa shape index (κ1) is 20.7. The third-order valence-corrected chi connectivity index (χ3v) is 5.85. The first-order valence-corrected chi connectivity index (χ1v) is 10.4. The Morgan fingerprint density at radius 2 is 1.96 bits per heavy atom. The minimum absolute atomic E-state index is 0.0622. The summed E-state index contributed by atoms with van der Waals surface area (Å²) < 4.78 is 0. The van der Waals surface area contributed by atoms with Crippen molar-refractivity contribution in [3.8, 4) is 0 Å². The van der Waals surface area contributed by atoms with E-state index in [1.165, 1.54) is 30.4 Å². The molecule has 3 nitrogen and oxygen atoms in total. The number of nitrogens with one attached hydrogen (secondary N) is 1. The van der Waals surface area contributed by atoms with Crippen molar-refractivity contribution in [2.24, 2.45) is 17.8 Å². The maximum absolute atomic E-state index is 13.2. The van der Waals surface area contributed by atoms with Gasteiger partial charge in [0.2, 0.25) is 0 Å². The zero-order valence-electron chi connectivity index (χ0n) is 17.5. The molecule has 1 aliphatic rings. The zero-order chi connectivity index (χ0) is 19.3. The highest BCUT2D eigenvalue weighted by Gasteiger charge is 2.33. The number of allylic oxidation sites excluding steroid dienone is 1. The van der Waals surface area contributed by atoms with Crippen LogP contribution in [0.15, 0.2) is 17.8 Å². The van der Waals surface area contributed by atoms with Gasteiger partial charge in [-0.1, -0.05) is 39.7 Å². The van der Waals surface area contributed by atoms with Crippen LogP contribution >= 0.6 is 0 Å². The average molecular weight is 357 g/mol. The fourth-order valence-corrected chi connectivity index (χ4v) is 4.23. The van der Waals surface area contributed by atoms with Gasteiger partial charge in [0.15, 0.2) is 0 Å². The minimum Gasteiger partial charge on any atom is -0.352 e. The maximum atomic E-state index is 13.2. The quantitative estimate of drug-likeness (QED) is 0.640. The summed E-state index contributed by atoms with van der Waals surface area (Å²) in [6, 6.07) is 2.18. The van der Waals surface area contributed by atoms with Gasteiger partial charge in [0.1, 0.15) is 0 Å². The van der Waals surface area contributed by atoms with Crippen LogP contribution in [0.5, 0.6) is 0 Å². The van der Waals surface area contributed by atoms with E-state index in [0.29, 0.717) is 18.4 Å². The molecule has 1 aromatic heterocycles. The second-order valence-electron chi connectivity index (χ2n) is 7.88. The number of aryl methyl sites for hydroxylation is 2. The van der Waals surface area contributed by atoms with E-state index in [2.05, 4.69) is 44.1 Å². The molecule has 1 atom stereocenters. The van der Waals surface area contributed by atoms with Crippen LogP contribution in [0.4, 0.5) is 0 Å². The van der Waals surface area contributed by atoms with Crippen molar-refractivity contribution in [1.29, 1.82) is 0 Å². The van der Waals surface area contributed by atoms with Crippen molar-refractivity contribution in [3.05, 3.63) is 34.7 Å². The van der Waals surface area contributed by atoms with Crippen LogP contribution in [0.1, 0.15) is 77.1 Å². The lowest BCUT2D eigenvalue weighted by atomic mass is 9.68. The van der Waals surface area contributed by atoms with Crippen molar-refractivity contribution in [2.45, 2.75) is 73.6 Å². The van der Waals surface area contributed by atoms with E-state index < -0.39 is 0 Å². The van der Waals surface area contributed by atoms with Crippen molar-refractivity contribution >= 4 is 11.5 Å². The van der Waals surface area contributed by atoms with E-state index in [9.17, 15) is 4.79 Å². The number of hydrogen-bond acceptors (Lipinski definition) is 2. The maximum Gasteiger partial charge on any atom is 0.251 e. The number of aromatic nitrogens is 1. The van der Waals surface area contributed by atoms with Crippen LogP contribution in [0.2, 0.25) is 0 Å². The van der Waals surface area contributed by atoms with Crippen LogP contribution < -0.4 is 5.32 Å². The fraction of sp³-hybridized carbons (Fsp3) is 0.652. The molecular formula is C23H36N2O. The smallest absolute Gasteiger partial charge is 0.251 e. The number of carbonyl (C=O) groups excluding carboxylic acids is 1. The van der Waals surface area contributed by atoms with E-state index in [0.717, 1.165) is 35.6 Å². The van der Waals surface area contributed by atoms with Gasteiger partial charge >= 0.3 is 0 Å². The average Bonchev–Trinajstić information content (AvgIpc) is 2.57. The van der Waals surface area contributed by atoms with Crippen LogP contribution in [-0.2, 0) is 11.2 Å². The minimum atomic E-state index is 0.0622. The summed E-state index contributed by atoms with van der Waals surface area (Å²) >= 11 is 0. The first-order valence-electron chi connectivity index (χ1n) is 10.4. The van der Waals surface area contributed by atoms with Crippen molar-refractivity contribution in [3.63, 3.8) is 0 Å². The Hall–Kier alpha value is -1.64. The van der Waals surface area contributed by atoms with Crippen LogP contribution in [0.3, 0.4) is 0 Å². The Morgan fingerprint density at radius 3 is 2.42 bits per heavy atom. The molecule has 0 radical (unpaired) electrons. The molecule has 1 amide bonds. The molecule has 0 aromatic carbocycles. The van der Waals surface area contributed by atoms with Gasteiger partial charge in [-0.25, -0.2) is 0 Å². The van der Waals surface area contributed by atoms with Gasteiger partial charge < -0.3 is 5.32 Å². The molecule has 1 aliphatic carbocycles. The number of rotatable bonds is 8. The molecule has 1 fully saturated rings. The molecule has 0 spiro atoms. The Bertz CT molecular complexity index is 656. The molecular weight excluding hydrogens is 320 g/mol. The normalized spacial score (nSPS) is 16.9. The second kappa shape index (κ2) is 9.34. The summed E-state index contributed by atoms with van der Waals surface area (Å²) in [5.41, 5.74) is 5.39. The summed E-state index contributed by atoms with van der Waals surface area (Å²) in [6.07, 6.45) is 7.88. The summed E-state index contributed by atoms with van der Waals surface area (Å²) in [4.78, 5) is 17.8. The van der Waals surface area contributed by atoms with Crippen molar-refractivity contribution in [2.75, 3.05) is 6.54 Å². The lowest BCUT2D eigenvalue weighted by molar-refractivity contribution is -0.115. The zero-order valence-corrected chi connectivity index (χ0v) is 17.5. The third-order valence-electron chi connectivity index (χ3n) is 5.85. The molecule has 144 valence electrons. The predicted molar refractivity (Wildman–Crippen MR) is 110 cm³/mol. The number of carbonyl (C=O) groups is 1. The van der Waals surface area contributed by atoms with E-state index in [4.69, 9.17) is 0 Å². The molecule has 0 saturated heterocycles. The van der Waals surface area contributed by atoms with E-state index in [1.54, 1.807) is 0 Å². The Morgan fingerprint density at radius 1 is 1.27 bits per heavy atom. The molecule has 2 rings (SSSR count). The van der Waals surface area contributed by atoms with Gasteiger partial charge in [-0.15, -0.1) is 0 Å². The predicted octanol–water partition coefficient (Wildman–Crippen LogP) is 5.32. The fourth-order valence-electron chi connectivity index (χ4n) is 4.23. The number of likely N-dealkylation sites (N-methyl/N-ethyl adjacent to an activating group) is 1. The van der Waals surface area contributed by atoms with Gasteiger partial charge in [0, 0.05) is 29.6 Å². The summed E-state index contributed by atoms with van der Waals surface area (Å²) in [5.74, 6) is 1.63. The molecule has 3 heteroatoms. The molecule has 0 aliphatic heterocycles. The topological polar surface area (TPSA) is 42.0 Å². The van der Waals surface area contributed by atoms with Gasteiger partial charge in [-0.2, -0.15) is 0 Å². The SMILES string of the molecule is CCNC(=O)C(=C(C(C)C)C(CC)C1CCC1)c1cc(CC)cnc1C. The van der Waals surface area contributed by atoms with E-state index in [-0.39, 0.29) is 5.91 Å². The van der Waals surface area contributed by atoms with Crippen molar-refractivity contribution < 1.29 is 4.79 Å². The van der Waals surface area contributed by atoms with Crippen LogP contribution in [-0.4, -0.2) is 17.4 Å². The number of hydrogen-bond donors (Lipinski definition) is 1. The molecule has 0 bridgehead atoms. The molecule has 1 N–H and O–H groups in total. The monoisotopic (exact) mass is 356 g/mol. The number of amides is 1. The highest BCUT2D eigenvalue weighted by molar-refractivity contribution is 6.21. The summed E-state index contributed by atoms with van der Waals surface area (Å²) in [5, 5.41) is 3.07. The van der Waals surface area contributed by atoms with Gasteiger partial charge in [0.05, 0.1) is 0 Å². The van der Waals surface area contributed by atoms with Gasteiger partial charge in [0.25, 0.3) is 5.91 Å². The standard InChI is InChI=1S/C23H36N2O/c1-7-17-13-20(16(6)25-14-17)22(23(26)24-9-3)21(15(4)5)19(8-2)18-11-10-12-18/h13-15,18-19H,7-12H2,1-6H3,(H,24,26). The van der Waals surface area contributed by atoms with Gasteiger partial charge in [-0.05, 0) is 68.9 Å². The molecule has 1 heterocycles. The number of nitrogens with zero attached hydrogens (tertiary/aromatic N) is 1.